The third-order valence-electron chi connectivity index (χ3n) is 7.15. The van der Waals surface area contributed by atoms with Gasteiger partial charge in [-0.3, -0.25) is 4.79 Å². The van der Waals surface area contributed by atoms with Gasteiger partial charge in [-0.25, -0.2) is 14.5 Å². The topological polar surface area (TPSA) is 116 Å². The average Bonchev–Trinajstić information content (AvgIpc) is 3.53. The maximum Gasteiger partial charge on any atom is 0.586 e. The second-order valence-electron chi connectivity index (χ2n) is 10.0. The van der Waals surface area contributed by atoms with E-state index in [2.05, 4.69) is 19.6 Å². The molecule has 0 saturated carbocycles. The lowest BCUT2D eigenvalue weighted by Gasteiger charge is -2.25. The van der Waals surface area contributed by atoms with E-state index in [1.165, 1.54) is 61.6 Å². The van der Waals surface area contributed by atoms with E-state index in [0.29, 0.717) is 12.8 Å². The zero-order valence-electron chi connectivity index (χ0n) is 22.6. The molecule has 1 atom stereocenters. The molecule has 1 unspecified atom stereocenters. The van der Waals surface area contributed by atoms with E-state index < -0.39 is 36.1 Å². The van der Waals surface area contributed by atoms with Crippen LogP contribution in [-0.2, 0) is 12.6 Å². The molecule has 0 saturated heterocycles. The summed E-state index contributed by atoms with van der Waals surface area (Å²) in [5.74, 6) is -2.24. The lowest BCUT2D eigenvalue weighted by atomic mass is 9.93. The van der Waals surface area contributed by atoms with E-state index in [0.717, 1.165) is 15.8 Å². The summed E-state index contributed by atoms with van der Waals surface area (Å²) in [6, 6.07) is 12.2. The first-order valence-electron chi connectivity index (χ1n) is 13.1. The number of ether oxygens (including phenoxy) is 3. The molecule has 0 fully saturated rings. The number of carbonyl (C=O) groups excluding carboxylic acids is 1. The van der Waals surface area contributed by atoms with Gasteiger partial charge in [0.15, 0.2) is 17.2 Å². The van der Waals surface area contributed by atoms with Gasteiger partial charge in [0.05, 0.1) is 16.9 Å². The van der Waals surface area contributed by atoms with Crippen LogP contribution in [0.5, 0.6) is 17.4 Å². The van der Waals surface area contributed by atoms with Crippen molar-refractivity contribution < 1.29 is 50.9 Å². The molecule has 1 aliphatic heterocycles. The van der Waals surface area contributed by atoms with Crippen LogP contribution in [0.4, 0.5) is 27.6 Å². The third kappa shape index (κ3) is 5.36. The number of anilines is 1. The quantitative estimate of drug-likeness (QED) is 0.261. The van der Waals surface area contributed by atoms with Gasteiger partial charge in [0, 0.05) is 42.2 Å². The van der Waals surface area contributed by atoms with Crippen LogP contribution in [0.15, 0.2) is 60.8 Å². The number of hydrogen-bond donors (Lipinski definition) is 1. The summed E-state index contributed by atoms with van der Waals surface area (Å²) in [6.45, 7) is 0. The number of amides is 1. The molecule has 10 nitrogen and oxygen atoms in total. The molecule has 0 bridgehead atoms. The van der Waals surface area contributed by atoms with E-state index >= 15 is 0 Å². The predicted molar refractivity (Wildman–Crippen MR) is 141 cm³/mol. The van der Waals surface area contributed by atoms with E-state index in [4.69, 9.17) is 9.84 Å². The fourth-order valence-electron chi connectivity index (χ4n) is 5.13. The molecule has 0 spiro atoms. The van der Waals surface area contributed by atoms with Crippen LogP contribution in [0.2, 0.25) is 0 Å². The highest BCUT2D eigenvalue weighted by Gasteiger charge is 2.44. The highest BCUT2D eigenvalue weighted by atomic mass is 19.4. The third-order valence-corrected chi connectivity index (χ3v) is 7.15. The van der Waals surface area contributed by atoms with Gasteiger partial charge in [-0.15, -0.1) is 8.78 Å². The Morgan fingerprint density at radius 3 is 2.55 bits per heavy atom. The Balaban J connectivity index is 1.34. The van der Waals surface area contributed by atoms with Crippen LogP contribution < -0.4 is 19.1 Å². The van der Waals surface area contributed by atoms with Crippen molar-refractivity contribution in [3.63, 3.8) is 0 Å². The highest BCUT2D eigenvalue weighted by Crippen LogP contribution is 2.44. The molecule has 44 heavy (non-hydrogen) atoms. The van der Waals surface area contributed by atoms with Crippen molar-refractivity contribution in [3.8, 4) is 23.1 Å². The molecule has 0 radical (unpaired) electrons. The summed E-state index contributed by atoms with van der Waals surface area (Å²) in [4.78, 5) is 29.7. The zero-order valence-corrected chi connectivity index (χ0v) is 22.6. The number of pyridine rings is 1. The van der Waals surface area contributed by atoms with Crippen molar-refractivity contribution in [2.75, 3.05) is 11.9 Å². The molecular weight excluding hydrogens is 595 g/mol. The van der Waals surface area contributed by atoms with Gasteiger partial charge < -0.3 is 24.2 Å². The minimum atomic E-state index is -4.78. The summed E-state index contributed by atoms with van der Waals surface area (Å²) in [6.07, 6.45) is -7.68. The largest absolute Gasteiger partial charge is 0.586 e. The Kier molecular flexibility index (Phi) is 6.89. The molecule has 1 amide bonds. The summed E-state index contributed by atoms with van der Waals surface area (Å²) in [5, 5.41) is 13.0. The minimum absolute atomic E-state index is 0.0150. The van der Waals surface area contributed by atoms with Gasteiger partial charge in [-0.2, -0.15) is 18.3 Å². The van der Waals surface area contributed by atoms with Gasteiger partial charge in [0.2, 0.25) is 5.88 Å². The number of alkyl halides is 5. The first-order chi connectivity index (χ1) is 20.8. The van der Waals surface area contributed by atoms with Gasteiger partial charge in [-0.05, 0) is 55.7 Å². The van der Waals surface area contributed by atoms with Crippen molar-refractivity contribution in [2.45, 2.75) is 37.8 Å². The number of fused-ring (bicyclic) bond motifs is 2. The number of carbonyl (C=O) groups is 2. The number of carboxylic acids is 1. The Hall–Kier alpha value is -5.21. The van der Waals surface area contributed by atoms with E-state index in [9.17, 15) is 31.5 Å². The number of nitrogens with zero attached hydrogens (tertiary/aromatic N) is 4. The zero-order chi connectivity index (χ0) is 31.4. The minimum Gasteiger partial charge on any atom is -0.478 e. The maximum absolute atomic E-state index is 14.1. The van der Waals surface area contributed by atoms with Gasteiger partial charge in [-0.1, -0.05) is 6.07 Å². The normalized spacial score (nSPS) is 16.7. The van der Waals surface area contributed by atoms with E-state index in [-0.39, 0.29) is 57.6 Å². The standard InChI is InChI=1S/C29H21F5N4O6/c1-37(17-9-10-20-22(13-17)44-29(33,34)43-20)26(39)15-4-2-5-18(12-15)38-24-19(25(36-38)28(30,31)32)6-3-7-21(24)42-23-11-8-16(14-35-23)27(40)41/h2,4-5,8-14,21H,3,6-7H2,1H3,(H,40,41). The number of carboxylic acid groups (broad SMARTS) is 1. The molecule has 2 aliphatic rings. The Bertz CT molecular complexity index is 1770. The summed E-state index contributed by atoms with van der Waals surface area (Å²) in [7, 11) is 1.40. The van der Waals surface area contributed by atoms with Crippen molar-refractivity contribution >= 4 is 17.6 Å². The van der Waals surface area contributed by atoms with E-state index in [1.807, 2.05) is 0 Å². The molecule has 1 aliphatic carbocycles. The van der Waals surface area contributed by atoms with Crippen molar-refractivity contribution in [1.29, 1.82) is 0 Å². The van der Waals surface area contributed by atoms with Crippen LogP contribution in [-0.4, -0.2) is 45.1 Å². The summed E-state index contributed by atoms with van der Waals surface area (Å²) < 4.78 is 85.1. The number of halogens is 5. The van der Waals surface area contributed by atoms with Crippen LogP contribution in [0, 0.1) is 0 Å². The average molecular weight is 616 g/mol. The molecule has 2 aromatic carbocycles. The SMILES string of the molecule is CN(C(=O)c1cccc(-n2nc(C(F)(F)F)c3c2C(Oc2ccc(C(=O)O)cn2)CCC3)c1)c1ccc2c(c1)OC(F)(F)O2. The Morgan fingerprint density at radius 2 is 1.84 bits per heavy atom. The van der Waals surface area contributed by atoms with Crippen molar-refractivity contribution in [3.05, 3.63) is 88.9 Å². The van der Waals surface area contributed by atoms with Crippen molar-refractivity contribution in [2.24, 2.45) is 0 Å². The van der Waals surface area contributed by atoms with Crippen LogP contribution in [0.3, 0.4) is 0 Å². The fraction of sp³-hybridized carbons (Fsp3) is 0.241. The molecule has 2 aromatic heterocycles. The van der Waals surface area contributed by atoms with Crippen LogP contribution in [0.1, 0.15) is 56.6 Å². The number of benzene rings is 2. The molecule has 3 heterocycles. The fourth-order valence-corrected chi connectivity index (χ4v) is 5.13. The second kappa shape index (κ2) is 10.5. The number of hydrogen-bond acceptors (Lipinski definition) is 7. The van der Waals surface area contributed by atoms with Gasteiger partial charge in [0.25, 0.3) is 5.91 Å². The Morgan fingerprint density at radius 1 is 1.07 bits per heavy atom. The van der Waals surface area contributed by atoms with Crippen molar-refractivity contribution in [1.82, 2.24) is 14.8 Å². The lowest BCUT2D eigenvalue weighted by molar-refractivity contribution is -0.286. The molecular formula is C29H21F5N4O6. The first kappa shape index (κ1) is 28.9. The van der Waals surface area contributed by atoms with E-state index in [1.54, 1.807) is 0 Å². The van der Waals surface area contributed by atoms with Gasteiger partial charge in [0.1, 0.15) is 6.10 Å². The molecule has 4 aromatic rings. The molecule has 1 N–H and O–H groups in total. The van der Waals surface area contributed by atoms with Crippen LogP contribution >= 0.6 is 0 Å². The Labute approximate surface area is 245 Å². The molecule has 15 heteroatoms. The monoisotopic (exact) mass is 616 g/mol. The highest BCUT2D eigenvalue weighted by molar-refractivity contribution is 6.06. The van der Waals surface area contributed by atoms with Gasteiger partial charge >= 0.3 is 18.4 Å². The summed E-state index contributed by atoms with van der Waals surface area (Å²) in [5.41, 5.74) is -0.677. The summed E-state index contributed by atoms with van der Waals surface area (Å²) >= 11 is 0. The number of aromatic carboxylic acids is 1. The molecule has 6 rings (SSSR count). The van der Waals surface area contributed by atoms with Crippen LogP contribution in [0.25, 0.3) is 5.69 Å². The number of aromatic nitrogens is 3. The molecule has 228 valence electrons. The lowest BCUT2D eigenvalue weighted by Crippen LogP contribution is -2.26. The smallest absolute Gasteiger partial charge is 0.478 e. The number of rotatable bonds is 6. The second-order valence-corrected chi connectivity index (χ2v) is 10.0. The predicted octanol–water partition coefficient (Wildman–Crippen LogP) is 6.04. The maximum atomic E-state index is 14.1. The first-order valence-corrected chi connectivity index (χ1v) is 13.1.